The van der Waals surface area contributed by atoms with Gasteiger partial charge < -0.3 is 5.11 Å². The third-order valence-corrected chi connectivity index (χ3v) is 6.32. The molecule has 1 saturated carbocycles. The Morgan fingerprint density at radius 3 is 2.96 bits per heavy atom. The van der Waals surface area contributed by atoms with Crippen LogP contribution in [0.25, 0.3) is 26.7 Å². The fourth-order valence-corrected chi connectivity index (χ4v) is 4.76. The van der Waals surface area contributed by atoms with Crippen molar-refractivity contribution in [3.05, 3.63) is 42.6 Å². The quantitative estimate of drug-likeness (QED) is 0.710. The van der Waals surface area contributed by atoms with E-state index < -0.39 is 0 Å². The van der Waals surface area contributed by atoms with Crippen molar-refractivity contribution in [2.24, 2.45) is 4.99 Å². The van der Waals surface area contributed by atoms with Crippen LogP contribution in [0.15, 0.2) is 41.8 Å². The zero-order valence-electron chi connectivity index (χ0n) is 14.9. The van der Waals surface area contributed by atoms with Crippen LogP contribution < -0.4 is 5.43 Å². The number of hydrogen-bond acceptors (Lipinski definition) is 5. The predicted octanol–water partition coefficient (Wildman–Crippen LogP) is 3.82. The lowest BCUT2D eigenvalue weighted by molar-refractivity contribution is 0.123. The van der Waals surface area contributed by atoms with Crippen molar-refractivity contribution >= 4 is 33.3 Å². The van der Waals surface area contributed by atoms with Gasteiger partial charge in [0, 0.05) is 28.9 Å². The molecular formula is C20H21N5OS. The smallest absolute Gasteiger partial charge is 0.151 e. The molecule has 3 aromatic rings. The van der Waals surface area contributed by atoms with E-state index in [1.54, 1.807) is 11.3 Å². The van der Waals surface area contributed by atoms with Crippen LogP contribution in [-0.2, 0) is 0 Å². The van der Waals surface area contributed by atoms with Crippen LogP contribution in [0, 0.1) is 0 Å². The van der Waals surface area contributed by atoms with Gasteiger partial charge in [0.1, 0.15) is 11.5 Å². The van der Waals surface area contributed by atoms with E-state index in [9.17, 15) is 5.11 Å². The first-order valence-electron chi connectivity index (χ1n) is 9.36. The minimum absolute atomic E-state index is 0.155. The van der Waals surface area contributed by atoms with Crippen molar-refractivity contribution in [2.75, 3.05) is 5.43 Å². The molecule has 5 rings (SSSR count). The summed E-state index contributed by atoms with van der Waals surface area (Å²) in [6.45, 7) is 0. The average molecular weight is 379 g/mol. The Hall–Kier alpha value is -2.51. The number of fused-ring (bicyclic) bond motifs is 2. The maximum absolute atomic E-state index is 9.71. The van der Waals surface area contributed by atoms with E-state index in [2.05, 4.69) is 27.5 Å². The number of pyridine rings is 1. The second-order valence-corrected chi connectivity index (χ2v) is 8.20. The number of imidazole rings is 1. The van der Waals surface area contributed by atoms with Gasteiger partial charge in [-0.3, -0.25) is 15.4 Å². The fourth-order valence-electron chi connectivity index (χ4n) is 3.73. The lowest BCUT2D eigenvalue weighted by Crippen LogP contribution is -2.27. The van der Waals surface area contributed by atoms with Gasteiger partial charge in [0.05, 0.1) is 23.2 Å². The molecule has 0 saturated heterocycles. The maximum atomic E-state index is 9.71. The van der Waals surface area contributed by atoms with Gasteiger partial charge in [0.2, 0.25) is 0 Å². The standard InChI is InChI=1S/C20H21N5OS/c26-15-6-4-14(5-7-15)23-19-2-1-3-20-22-12-16(25(20)24-19)18-10-13-11-21-9-8-17(13)27-18/h1,3,8-12,14-15,26H,2,4-7H2,(H,23,24). The van der Waals surface area contributed by atoms with Gasteiger partial charge in [-0.1, -0.05) is 6.08 Å². The first-order chi connectivity index (χ1) is 13.3. The summed E-state index contributed by atoms with van der Waals surface area (Å²) in [4.78, 5) is 14.9. The van der Waals surface area contributed by atoms with Crippen molar-refractivity contribution in [1.82, 2.24) is 14.6 Å². The van der Waals surface area contributed by atoms with Gasteiger partial charge in [0.15, 0.2) is 5.82 Å². The Bertz CT molecular complexity index is 993. The van der Waals surface area contributed by atoms with Crippen LogP contribution in [0.3, 0.4) is 0 Å². The number of aliphatic imine (C=N–C) groups is 1. The molecule has 0 amide bonds. The zero-order chi connectivity index (χ0) is 18.2. The highest BCUT2D eigenvalue weighted by Gasteiger charge is 2.21. The molecule has 6 nitrogen and oxygen atoms in total. The molecule has 0 aromatic carbocycles. The van der Waals surface area contributed by atoms with E-state index in [1.807, 2.05) is 35.4 Å². The summed E-state index contributed by atoms with van der Waals surface area (Å²) in [6.07, 6.45) is 14.0. The highest BCUT2D eigenvalue weighted by atomic mass is 32.1. The molecule has 0 spiro atoms. The summed E-state index contributed by atoms with van der Waals surface area (Å²) in [5.41, 5.74) is 4.51. The highest BCUT2D eigenvalue weighted by Crippen LogP contribution is 2.33. The van der Waals surface area contributed by atoms with Crippen LogP contribution in [0.5, 0.6) is 0 Å². The summed E-state index contributed by atoms with van der Waals surface area (Å²) in [7, 11) is 0. The first-order valence-corrected chi connectivity index (χ1v) is 10.2. The number of nitrogens with zero attached hydrogens (tertiary/aromatic N) is 4. The number of nitrogens with one attached hydrogen (secondary N) is 1. The molecule has 4 heterocycles. The number of hydrogen-bond donors (Lipinski definition) is 2. The largest absolute Gasteiger partial charge is 0.393 e. The molecule has 0 unspecified atom stereocenters. The van der Waals surface area contributed by atoms with E-state index in [-0.39, 0.29) is 12.1 Å². The van der Waals surface area contributed by atoms with Crippen LogP contribution >= 0.6 is 11.3 Å². The molecule has 1 aliphatic carbocycles. The lowest BCUT2D eigenvalue weighted by Gasteiger charge is -2.23. The van der Waals surface area contributed by atoms with E-state index in [0.29, 0.717) is 0 Å². The Morgan fingerprint density at radius 2 is 2.11 bits per heavy atom. The number of aliphatic hydroxyl groups is 1. The van der Waals surface area contributed by atoms with Crippen LogP contribution in [0.2, 0.25) is 0 Å². The molecule has 3 aromatic heterocycles. The second kappa shape index (κ2) is 6.90. The second-order valence-electron chi connectivity index (χ2n) is 7.12. The number of aromatic nitrogens is 3. The predicted molar refractivity (Wildman–Crippen MR) is 110 cm³/mol. The van der Waals surface area contributed by atoms with E-state index in [1.165, 1.54) is 4.70 Å². The van der Waals surface area contributed by atoms with Crippen LogP contribution in [0.1, 0.15) is 37.9 Å². The molecule has 0 radical (unpaired) electrons. The number of aliphatic hydroxyl groups excluding tert-OH is 1. The molecule has 0 atom stereocenters. The molecule has 0 bridgehead atoms. The minimum Gasteiger partial charge on any atom is -0.393 e. The Labute approximate surface area is 161 Å². The van der Waals surface area contributed by atoms with Gasteiger partial charge in [0.25, 0.3) is 0 Å². The number of thiophene rings is 1. The average Bonchev–Trinajstić information content (AvgIpc) is 3.22. The summed E-state index contributed by atoms with van der Waals surface area (Å²) >= 11 is 1.74. The van der Waals surface area contributed by atoms with Crippen molar-refractivity contribution in [3.8, 4) is 10.6 Å². The van der Waals surface area contributed by atoms with Crippen LogP contribution in [-0.4, -0.2) is 37.7 Å². The Balaban J connectivity index is 1.47. The summed E-state index contributed by atoms with van der Waals surface area (Å²) < 4.78 is 3.24. The normalized spacial score (nSPS) is 24.0. The molecule has 138 valence electrons. The number of rotatable bonds is 2. The van der Waals surface area contributed by atoms with Crippen LogP contribution in [0.4, 0.5) is 0 Å². The highest BCUT2D eigenvalue weighted by molar-refractivity contribution is 7.22. The van der Waals surface area contributed by atoms with Gasteiger partial charge in [-0.05, 0) is 43.9 Å². The number of amidine groups is 1. The van der Waals surface area contributed by atoms with Crippen molar-refractivity contribution in [2.45, 2.75) is 44.2 Å². The van der Waals surface area contributed by atoms with Gasteiger partial charge >= 0.3 is 0 Å². The van der Waals surface area contributed by atoms with E-state index in [0.717, 1.165) is 59.7 Å². The molecular weight excluding hydrogens is 358 g/mol. The molecule has 2 N–H and O–H groups in total. The third-order valence-electron chi connectivity index (χ3n) is 5.18. The van der Waals surface area contributed by atoms with Crippen molar-refractivity contribution in [3.63, 3.8) is 0 Å². The Morgan fingerprint density at radius 1 is 1.22 bits per heavy atom. The van der Waals surface area contributed by atoms with Gasteiger partial charge in [-0.15, -0.1) is 11.3 Å². The fraction of sp³-hybridized carbons (Fsp3) is 0.350. The summed E-state index contributed by atoms with van der Waals surface area (Å²) in [6, 6.07) is 4.49. The van der Waals surface area contributed by atoms with Crippen molar-refractivity contribution in [1.29, 1.82) is 0 Å². The topological polar surface area (TPSA) is 75.3 Å². The van der Waals surface area contributed by atoms with E-state index >= 15 is 0 Å². The third kappa shape index (κ3) is 3.28. The maximum Gasteiger partial charge on any atom is 0.151 e. The van der Waals surface area contributed by atoms with Gasteiger partial charge in [-0.2, -0.15) is 0 Å². The molecule has 1 fully saturated rings. The minimum atomic E-state index is -0.155. The lowest BCUT2D eigenvalue weighted by atomic mass is 9.93. The molecule has 27 heavy (non-hydrogen) atoms. The SMILES string of the molecule is OC1CCC(N=C2CC=Cc3ncc(-c4cc5cnccc5s4)n3N2)CC1. The summed E-state index contributed by atoms with van der Waals surface area (Å²) in [5.74, 6) is 1.83. The molecule has 1 aliphatic heterocycles. The molecule has 2 aliphatic rings. The summed E-state index contributed by atoms with van der Waals surface area (Å²) in [5, 5.41) is 10.9. The first kappa shape index (κ1) is 16.6. The Kier molecular flexibility index (Phi) is 4.26. The van der Waals surface area contributed by atoms with Gasteiger partial charge in [-0.25, -0.2) is 9.66 Å². The van der Waals surface area contributed by atoms with Crippen molar-refractivity contribution < 1.29 is 5.11 Å². The monoisotopic (exact) mass is 379 g/mol. The zero-order valence-corrected chi connectivity index (χ0v) is 15.7. The molecule has 7 heteroatoms. The van der Waals surface area contributed by atoms with E-state index in [4.69, 9.17) is 4.99 Å².